The van der Waals surface area contributed by atoms with Gasteiger partial charge < -0.3 is 15.2 Å². The third kappa shape index (κ3) is 2.79. The van der Waals surface area contributed by atoms with Crippen LogP contribution < -0.4 is 5.32 Å². The Hall–Kier alpha value is -1.62. The summed E-state index contributed by atoms with van der Waals surface area (Å²) in [7, 11) is 1.36. The van der Waals surface area contributed by atoms with Crippen molar-refractivity contribution in [1.29, 1.82) is 0 Å². The molecule has 0 aliphatic heterocycles. The molecule has 1 aromatic rings. The van der Waals surface area contributed by atoms with E-state index in [9.17, 15) is 9.90 Å². The number of methoxy groups -OCH3 is 1. The predicted octanol–water partition coefficient (Wildman–Crippen LogP) is 1.44. The number of aliphatic hydroxyl groups excluding tert-OH is 1. The van der Waals surface area contributed by atoms with E-state index in [2.05, 4.69) is 15.0 Å². The number of nitrogens with zero attached hydrogens (tertiary/aromatic N) is 1. The lowest BCUT2D eigenvalue weighted by atomic mass is 10.1. The van der Waals surface area contributed by atoms with Gasteiger partial charge in [-0.3, -0.25) is 0 Å². The maximum Gasteiger partial charge on any atom is 0.338 e. The summed E-state index contributed by atoms with van der Waals surface area (Å²) in [6, 6.07) is 3.53. The maximum absolute atomic E-state index is 11.4. The van der Waals surface area contributed by atoms with Gasteiger partial charge in [-0.15, -0.1) is 0 Å². The number of esters is 1. The third-order valence-electron chi connectivity index (χ3n) is 3.41. The molecule has 0 aromatic carbocycles. The molecule has 2 unspecified atom stereocenters. The monoisotopic (exact) mass is 250 g/mol. The summed E-state index contributed by atoms with van der Waals surface area (Å²) >= 11 is 0. The van der Waals surface area contributed by atoms with Crippen LogP contribution >= 0.6 is 0 Å². The first-order valence-electron chi connectivity index (χ1n) is 6.16. The van der Waals surface area contributed by atoms with Crippen LogP contribution in [0.15, 0.2) is 18.3 Å². The lowest BCUT2D eigenvalue weighted by molar-refractivity contribution is 0.0600. The van der Waals surface area contributed by atoms with Gasteiger partial charge in [-0.25, -0.2) is 9.78 Å². The normalized spacial score (nSPS) is 22.8. The quantitative estimate of drug-likeness (QED) is 0.791. The maximum atomic E-state index is 11.4. The Morgan fingerprint density at radius 2 is 2.44 bits per heavy atom. The zero-order valence-corrected chi connectivity index (χ0v) is 10.4. The molecule has 1 aliphatic carbocycles. The highest BCUT2D eigenvalue weighted by molar-refractivity contribution is 5.89. The van der Waals surface area contributed by atoms with Crippen molar-refractivity contribution in [3.8, 4) is 0 Å². The molecule has 2 N–H and O–H groups in total. The fraction of sp³-hybridized carbons (Fsp3) is 0.538. The van der Waals surface area contributed by atoms with Crippen LogP contribution in [0.25, 0.3) is 0 Å². The van der Waals surface area contributed by atoms with Gasteiger partial charge in [0, 0.05) is 24.8 Å². The minimum absolute atomic E-state index is 0.189. The van der Waals surface area contributed by atoms with Crippen molar-refractivity contribution in [2.45, 2.75) is 25.3 Å². The number of ether oxygens (including phenoxy) is 1. The second-order valence-corrected chi connectivity index (χ2v) is 4.55. The van der Waals surface area contributed by atoms with E-state index in [0.29, 0.717) is 11.4 Å². The van der Waals surface area contributed by atoms with Gasteiger partial charge in [-0.2, -0.15) is 0 Å². The number of rotatable bonds is 4. The molecule has 0 spiro atoms. The number of pyridine rings is 1. The van der Waals surface area contributed by atoms with E-state index >= 15 is 0 Å². The van der Waals surface area contributed by atoms with Crippen LogP contribution in [0.4, 0.5) is 5.82 Å². The van der Waals surface area contributed by atoms with Gasteiger partial charge in [0.15, 0.2) is 0 Å². The number of carbonyl (C=O) groups is 1. The summed E-state index contributed by atoms with van der Waals surface area (Å²) in [6.45, 7) is 0.189. The topological polar surface area (TPSA) is 71.5 Å². The van der Waals surface area contributed by atoms with E-state index in [1.54, 1.807) is 18.3 Å². The van der Waals surface area contributed by atoms with Crippen molar-refractivity contribution < 1.29 is 14.6 Å². The minimum Gasteiger partial charge on any atom is -0.465 e. The van der Waals surface area contributed by atoms with Crippen LogP contribution in [0, 0.1) is 5.92 Å². The van der Waals surface area contributed by atoms with Gasteiger partial charge in [0.05, 0.1) is 12.7 Å². The first-order chi connectivity index (χ1) is 8.74. The van der Waals surface area contributed by atoms with Crippen molar-refractivity contribution in [1.82, 2.24) is 4.98 Å². The van der Waals surface area contributed by atoms with Gasteiger partial charge in [-0.05, 0) is 25.0 Å². The summed E-state index contributed by atoms with van der Waals surface area (Å²) < 4.78 is 4.67. The summed E-state index contributed by atoms with van der Waals surface area (Å²) in [6.07, 6.45) is 4.75. The molecule has 2 rings (SSSR count). The summed E-state index contributed by atoms with van der Waals surface area (Å²) in [4.78, 5) is 15.6. The van der Waals surface area contributed by atoms with Crippen LogP contribution in [0.3, 0.4) is 0 Å². The van der Waals surface area contributed by atoms with E-state index < -0.39 is 0 Å². The van der Waals surface area contributed by atoms with E-state index in [4.69, 9.17) is 0 Å². The van der Waals surface area contributed by atoms with E-state index in [0.717, 1.165) is 19.3 Å². The molecule has 5 heteroatoms. The second-order valence-electron chi connectivity index (χ2n) is 4.55. The standard InChI is InChI=1S/C13H18N2O3/c1-18-13(17)9-5-6-14-12(7-9)15-11-4-2-3-10(11)8-16/h5-7,10-11,16H,2-4,8H2,1H3,(H,14,15). The molecule has 1 saturated carbocycles. The molecule has 0 saturated heterocycles. The number of anilines is 1. The van der Waals surface area contributed by atoms with Gasteiger partial charge >= 0.3 is 5.97 Å². The highest BCUT2D eigenvalue weighted by Crippen LogP contribution is 2.27. The molecule has 0 radical (unpaired) electrons. The molecule has 1 fully saturated rings. The fourth-order valence-corrected chi connectivity index (χ4v) is 2.39. The summed E-state index contributed by atoms with van der Waals surface area (Å²) in [5.74, 6) is 0.558. The number of aliphatic hydroxyl groups is 1. The lowest BCUT2D eigenvalue weighted by Gasteiger charge is -2.19. The van der Waals surface area contributed by atoms with Crippen molar-refractivity contribution in [3.05, 3.63) is 23.9 Å². The average molecular weight is 250 g/mol. The summed E-state index contributed by atoms with van der Waals surface area (Å²) in [5, 5.41) is 12.5. The molecule has 5 nitrogen and oxygen atoms in total. The van der Waals surface area contributed by atoms with Crippen LogP contribution in [-0.4, -0.2) is 35.8 Å². The van der Waals surface area contributed by atoms with Crippen LogP contribution in [0.2, 0.25) is 0 Å². The molecule has 1 aromatic heterocycles. The Morgan fingerprint density at radius 3 is 3.17 bits per heavy atom. The number of hydrogen-bond acceptors (Lipinski definition) is 5. The van der Waals surface area contributed by atoms with Crippen molar-refractivity contribution in [2.24, 2.45) is 5.92 Å². The number of hydrogen-bond donors (Lipinski definition) is 2. The molecule has 0 amide bonds. The smallest absolute Gasteiger partial charge is 0.338 e. The van der Waals surface area contributed by atoms with Crippen LogP contribution in [0.5, 0.6) is 0 Å². The molecule has 1 heterocycles. The first-order valence-corrected chi connectivity index (χ1v) is 6.16. The van der Waals surface area contributed by atoms with Gasteiger partial charge in [0.2, 0.25) is 0 Å². The van der Waals surface area contributed by atoms with Crippen molar-refractivity contribution in [2.75, 3.05) is 19.0 Å². The Morgan fingerprint density at radius 1 is 1.61 bits per heavy atom. The van der Waals surface area contributed by atoms with Gasteiger partial charge in [0.25, 0.3) is 0 Å². The number of aromatic nitrogens is 1. The SMILES string of the molecule is COC(=O)c1ccnc(NC2CCCC2CO)c1. The zero-order valence-electron chi connectivity index (χ0n) is 10.4. The fourth-order valence-electron chi connectivity index (χ4n) is 2.39. The Labute approximate surface area is 106 Å². The van der Waals surface area contributed by atoms with E-state index in [-0.39, 0.29) is 24.5 Å². The second kappa shape index (κ2) is 5.82. The molecule has 1 aliphatic rings. The highest BCUT2D eigenvalue weighted by Gasteiger charge is 2.26. The molecule has 98 valence electrons. The predicted molar refractivity (Wildman–Crippen MR) is 67.4 cm³/mol. The van der Waals surface area contributed by atoms with Gasteiger partial charge in [-0.1, -0.05) is 6.42 Å². The number of nitrogens with one attached hydrogen (secondary N) is 1. The lowest BCUT2D eigenvalue weighted by Crippen LogP contribution is -2.26. The van der Waals surface area contributed by atoms with E-state index in [1.165, 1.54) is 7.11 Å². The molecule has 0 bridgehead atoms. The van der Waals surface area contributed by atoms with Crippen molar-refractivity contribution >= 4 is 11.8 Å². The zero-order chi connectivity index (χ0) is 13.0. The Bertz CT molecular complexity index is 422. The molecule has 2 atom stereocenters. The average Bonchev–Trinajstić information content (AvgIpc) is 2.85. The summed E-state index contributed by atoms with van der Waals surface area (Å²) in [5.41, 5.74) is 0.480. The first kappa shape index (κ1) is 12.8. The molecular formula is C13H18N2O3. The molecular weight excluding hydrogens is 232 g/mol. The molecule has 18 heavy (non-hydrogen) atoms. The highest BCUT2D eigenvalue weighted by atomic mass is 16.5. The number of carbonyl (C=O) groups excluding carboxylic acids is 1. The Balaban J connectivity index is 2.07. The largest absolute Gasteiger partial charge is 0.465 e. The minimum atomic E-state index is -0.370. The van der Waals surface area contributed by atoms with Crippen LogP contribution in [-0.2, 0) is 4.74 Å². The van der Waals surface area contributed by atoms with Crippen LogP contribution in [0.1, 0.15) is 29.6 Å². The van der Waals surface area contributed by atoms with E-state index in [1.807, 2.05) is 0 Å². The third-order valence-corrected chi connectivity index (χ3v) is 3.41. The Kier molecular flexibility index (Phi) is 4.15. The van der Waals surface area contributed by atoms with Gasteiger partial charge in [0.1, 0.15) is 5.82 Å². The van der Waals surface area contributed by atoms with Crippen molar-refractivity contribution in [3.63, 3.8) is 0 Å².